The van der Waals surface area contributed by atoms with Crippen molar-refractivity contribution in [1.82, 2.24) is 5.32 Å². The van der Waals surface area contributed by atoms with Gasteiger partial charge in [0.25, 0.3) is 5.91 Å². The number of amides is 1. The maximum Gasteiger partial charge on any atom is 0.252 e. The molecule has 0 saturated heterocycles. The van der Waals surface area contributed by atoms with Crippen LogP contribution < -0.4 is 5.32 Å². The van der Waals surface area contributed by atoms with Gasteiger partial charge in [0, 0.05) is 11.4 Å². The molecule has 0 spiro atoms. The van der Waals surface area contributed by atoms with E-state index >= 15 is 0 Å². The number of carbonyl (C=O) groups is 1. The predicted octanol–water partition coefficient (Wildman–Crippen LogP) is 2.26. The van der Waals surface area contributed by atoms with Crippen molar-refractivity contribution in [1.29, 1.82) is 0 Å². The van der Waals surface area contributed by atoms with E-state index in [1.165, 1.54) is 11.3 Å². The minimum absolute atomic E-state index is 0.0588. The highest BCUT2D eigenvalue weighted by molar-refractivity contribution is 7.10. The topological polar surface area (TPSA) is 49.3 Å². The average Bonchev–Trinajstić information content (AvgIpc) is 2.73. The van der Waals surface area contributed by atoms with Crippen molar-refractivity contribution in [3.63, 3.8) is 0 Å². The molecule has 3 nitrogen and oxygen atoms in total. The van der Waals surface area contributed by atoms with Gasteiger partial charge in [-0.3, -0.25) is 4.79 Å². The van der Waals surface area contributed by atoms with Crippen molar-refractivity contribution in [3.05, 3.63) is 21.9 Å². The molecular formula is C14H19NO2S. The molecular weight excluding hydrogens is 246 g/mol. The Morgan fingerprint density at radius 3 is 2.83 bits per heavy atom. The molecule has 0 saturated carbocycles. The lowest BCUT2D eigenvalue weighted by molar-refractivity contribution is 0.0936. The Labute approximate surface area is 112 Å². The molecule has 0 radical (unpaired) electrons. The van der Waals surface area contributed by atoms with E-state index in [9.17, 15) is 4.79 Å². The molecule has 0 bridgehead atoms. The molecule has 0 aromatic carbocycles. The molecule has 0 aliphatic heterocycles. The van der Waals surface area contributed by atoms with E-state index in [0.717, 1.165) is 11.3 Å². The Kier molecular flexibility index (Phi) is 5.90. The van der Waals surface area contributed by atoms with Gasteiger partial charge in [-0.15, -0.1) is 11.3 Å². The third-order valence-corrected chi connectivity index (χ3v) is 3.20. The lowest BCUT2D eigenvalue weighted by atomic mass is 10.1. The van der Waals surface area contributed by atoms with Crippen LogP contribution in [-0.2, 0) is 0 Å². The normalized spacial score (nSPS) is 11.8. The standard InChI is InChI=1S/C14H19NO2S/c1-10(2)7-11(3)15-14(17)12-8-13(18-9-12)5-4-6-16/h8-11,16H,6-7H2,1-3H3,(H,15,17). The van der Waals surface area contributed by atoms with Crippen LogP contribution in [0.4, 0.5) is 0 Å². The van der Waals surface area contributed by atoms with Gasteiger partial charge in [0.1, 0.15) is 6.61 Å². The first kappa shape index (κ1) is 14.7. The second kappa shape index (κ2) is 7.20. The maximum atomic E-state index is 11.9. The highest BCUT2D eigenvalue weighted by Crippen LogP contribution is 2.14. The van der Waals surface area contributed by atoms with E-state index in [4.69, 9.17) is 5.11 Å². The summed E-state index contributed by atoms with van der Waals surface area (Å²) in [5.41, 5.74) is 0.637. The molecule has 0 aliphatic carbocycles. The Bertz CT molecular complexity index is 454. The van der Waals surface area contributed by atoms with Crippen LogP contribution in [0.5, 0.6) is 0 Å². The van der Waals surface area contributed by atoms with Crippen LogP contribution in [0.1, 0.15) is 42.4 Å². The lowest BCUT2D eigenvalue weighted by Gasteiger charge is -2.15. The molecule has 1 rings (SSSR count). The van der Waals surface area contributed by atoms with Crippen molar-refractivity contribution in [3.8, 4) is 11.8 Å². The van der Waals surface area contributed by atoms with Gasteiger partial charge in [0.05, 0.1) is 10.4 Å². The fraction of sp³-hybridized carbons (Fsp3) is 0.500. The largest absolute Gasteiger partial charge is 0.384 e. The zero-order valence-electron chi connectivity index (χ0n) is 11.0. The molecule has 18 heavy (non-hydrogen) atoms. The van der Waals surface area contributed by atoms with Gasteiger partial charge in [-0.2, -0.15) is 0 Å². The maximum absolute atomic E-state index is 11.9. The van der Waals surface area contributed by atoms with Gasteiger partial charge in [-0.05, 0) is 25.3 Å². The molecule has 1 unspecified atom stereocenters. The zero-order valence-corrected chi connectivity index (χ0v) is 11.8. The minimum Gasteiger partial charge on any atom is -0.384 e. The second-order valence-electron chi connectivity index (χ2n) is 4.66. The first-order chi connectivity index (χ1) is 8.52. The predicted molar refractivity (Wildman–Crippen MR) is 74.7 cm³/mol. The van der Waals surface area contributed by atoms with Crippen LogP contribution in [-0.4, -0.2) is 23.7 Å². The van der Waals surface area contributed by atoms with Crippen LogP contribution in [0.3, 0.4) is 0 Å². The smallest absolute Gasteiger partial charge is 0.252 e. The summed E-state index contributed by atoms with van der Waals surface area (Å²) in [6, 6.07) is 1.93. The van der Waals surface area contributed by atoms with Gasteiger partial charge in [0.2, 0.25) is 0 Å². The number of hydrogen-bond donors (Lipinski definition) is 2. The molecule has 1 atom stereocenters. The number of hydrogen-bond acceptors (Lipinski definition) is 3. The monoisotopic (exact) mass is 265 g/mol. The molecule has 1 aromatic rings. The quantitative estimate of drug-likeness (QED) is 0.820. The Hall–Kier alpha value is -1.31. The Balaban J connectivity index is 2.59. The summed E-state index contributed by atoms with van der Waals surface area (Å²) in [5, 5.41) is 13.4. The summed E-state index contributed by atoms with van der Waals surface area (Å²) in [6.45, 7) is 6.12. The van der Waals surface area contributed by atoms with Crippen molar-refractivity contribution in [2.75, 3.05) is 6.61 Å². The summed E-state index contributed by atoms with van der Waals surface area (Å²) in [5.74, 6) is 5.87. The lowest BCUT2D eigenvalue weighted by Crippen LogP contribution is -2.33. The summed E-state index contributed by atoms with van der Waals surface area (Å²) in [7, 11) is 0. The third-order valence-electron chi connectivity index (χ3n) is 2.35. The molecule has 1 heterocycles. The highest BCUT2D eigenvalue weighted by Gasteiger charge is 2.12. The average molecular weight is 265 g/mol. The van der Waals surface area contributed by atoms with Crippen LogP contribution in [0, 0.1) is 17.8 Å². The highest BCUT2D eigenvalue weighted by atomic mass is 32.1. The number of thiophene rings is 1. The van der Waals surface area contributed by atoms with Crippen LogP contribution in [0.25, 0.3) is 0 Å². The fourth-order valence-corrected chi connectivity index (χ4v) is 2.48. The number of aliphatic hydroxyl groups excluding tert-OH is 1. The van der Waals surface area contributed by atoms with Crippen molar-refractivity contribution in [2.45, 2.75) is 33.2 Å². The van der Waals surface area contributed by atoms with E-state index in [-0.39, 0.29) is 18.6 Å². The van der Waals surface area contributed by atoms with E-state index in [2.05, 4.69) is 31.0 Å². The van der Waals surface area contributed by atoms with Crippen molar-refractivity contribution >= 4 is 17.2 Å². The van der Waals surface area contributed by atoms with Gasteiger partial charge in [0.15, 0.2) is 0 Å². The first-order valence-electron chi connectivity index (χ1n) is 6.02. The van der Waals surface area contributed by atoms with E-state index in [1.807, 2.05) is 6.92 Å². The number of carbonyl (C=O) groups excluding carboxylic acids is 1. The van der Waals surface area contributed by atoms with Crippen LogP contribution in [0.2, 0.25) is 0 Å². The van der Waals surface area contributed by atoms with E-state index < -0.39 is 0 Å². The van der Waals surface area contributed by atoms with Crippen LogP contribution >= 0.6 is 11.3 Å². The first-order valence-corrected chi connectivity index (χ1v) is 6.90. The molecule has 1 amide bonds. The molecule has 0 aliphatic rings. The molecule has 0 fully saturated rings. The summed E-state index contributed by atoms with van der Waals surface area (Å²) in [6.07, 6.45) is 0.965. The van der Waals surface area contributed by atoms with Crippen molar-refractivity contribution < 1.29 is 9.90 Å². The van der Waals surface area contributed by atoms with Crippen molar-refractivity contribution in [2.24, 2.45) is 5.92 Å². The third kappa shape index (κ3) is 4.91. The zero-order chi connectivity index (χ0) is 13.5. The SMILES string of the molecule is CC(C)CC(C)NC(=O)c1csc(C#CCO)c1. The van der Waals surface area contributed by atoms with Gasteiger partial charge >= 0.3 is 0 Å². The van der Waals surface area contributed by atoms with Crippen LogP contribution in [0.15, 0.2) is 11.4 Å². The summed E-state index contributed by atoms with van der Waals surface area (Å²) < 4.78 is 0. The van der Waals surface area contributed by atoms with E-state index in [1.54, 1.807) is 11.4 Å². The minimum atomic E-state index is -0.162. The van der Waals surface area contributed by atoms with Gasteiger partial charge in [-0.25, -0.2) is 0 Å². The molecule has 2 N–H and O–H groups in total. The summed E-state index contributed by atoms with van der Waals surface area (Å²) in [4.78, 5) is 12.7. The number of aliphatic hydroxyl groups is 1. The number of rotatable bonds is 4. The number of nitrogens with one attached hydrogen (secondary N) is 1. The van der Waals surface area contributed by atoms with E-state index in [0.29, 0.717) is 11.5 Å². The Morgan fingerprint density at radius 2 is 2.22 bits per heavy atom. The Morgan fingerprint density at radius 1 is 1.50 bits per heavy atom. The molecule has 98 valence electrons. The van der Waals surface area contributed by atoms with Gasteiger partial charge in [-0.1, -0.05) is 25.7 Å². The van der Waals surface area contributed by atoms with Gasteiger partial charge < -0.3 is 10.4 Å². The fourth-order valence-electron chi connectivity index (χ4n) is 1.72. The molecule has 4 heteroatoms. The molecule has 1 aromatic heterocycles. The second-order valence-corrected chi connectivity index (χ2v) is 5.57. The summed E-state index contributed by atoms with van der Waals surface area (Å²) >= 11 is 1.41.